The summed E-state index contributed by atoms with van der Waals surface area (Å²) in [5, 5.41) is 0.0122. The van der Waals surface area contributed by atoms with Gasteiger partial charge in [0, 0.05) is 23.8 Å². The summed E-state index contributed by atoms with van der Waals surface area (Å²) in [6.07, 6.45) is 4.13. The number of thioether (sulfide) groups is 1. The minimum atomic E-state index is 0.0122. The number of rotatable bonds is 8. The molecular weight excluding hydrogens is 322 g/mol. The molecule has 0 saturated carbocycles. The third-order valence-electron chi connectivity index (χ3n) is 4.63. The Balaban J connectivity index is 2.25. The average molecular weight is 352 g/mol. The van der Waals surface area contributed by atoms with Crippen LogP contribution in [0.4, 0.5) is 0 Å². The van der Waals surface area contributed by atoms with Gasteiger partial charge in [0.1, 0.15) is 16.9 Å². The molecule has 2 rings (SSSR count). The number of ether oxygens (including phenoxy) is 2. The van der Waals surface area contributed by atoms with Crippen molar-refractivity contribution in [2.24, 2.45) is 5.92 Å². The minimum absolute atomic E-state index is 0.0122. The predicted octanol–water partition coefficient (Wildman–Crippen LogP) is 4.49. The molecule has 4 nitrogen and oxygen atoms in total. The molecule has 1 aromatic rings. The lowest BCUT2D eigenvalue weighted by atomic mass is 9.97. The van der Waals surface area contributed by atoms with Crippen molar-refractivity contribution in [3.8, 4) is 11.5 Å². The zero-order valence-electron chi connectivity index (χ0n) is 15.2. The molecule has 1 aromatic carbocycles. The number of amides is 1. The first kappa shape index (κ1) is 19.0. The number of carbonyl (C=O) groups is 1. The van der Waals surface area contributed by atoms with Crippen LogP contribution in [0.2, 0.25) is 0 Å². The van der Waals surface area contributed by atoms with Crippen LogP contribution in [0, 0.1) is 5.92 Å². The lowest BCUT2D eigenvalue weighted by Gasteiger charge is -2.29. The monoisotopic (exact) mass is 351 g/mol. The van der Waals surface area contributed by atoms with E-state index in [4.69, 9.17) is 9.47 Å². The maximum atomic E-state index is 13.1. The van der Waals surface area contributed by atoms with Gasteiger partial charge >= 0.3 is 0 Å². The van der Waals surface area contributed by atoms with Crippen molar-refractivity contribution in [3.63, 3.8) is 0 Å². The quantitative estimate of drug-likeness (QED) is 0.691. The fraction of sp³-hybridized carbons (Fsp3) is 0.632. The topological polar surface area (TPSA) is 38.8 Å². The molecule has 1 aliphatic rings. The van der Waals surface area contributed by atoms with Crippen LogP contribution < -0.4 is 9.47 Å². The van der Waals surface area contributed by atoms with Crippen molar-refractivity contribution < 1.29 is 14.3 Å². The molecule has 24 heavy (non-hydrogen) atoms. The van der Waals surface area contributed by atoms with Crippen LogP contribution in [0.3, 0.4) is 0 Å². The first-order chi connectivity index (χ1) is 11.7. The van der Waals surface area contributed by atoms with Gasteiger partial charge in [0.2, 0.25) is 5.91 Å². The van der Waals surface area contributed by atoms with Gasteiger partial charge in [-0.15, -0.1) is 11.8 Å². The van der Waals surface area contributed by atoms with Gasteiger partial charge in [-0.3, -0.25) is 4.79 Å². The van der Waals surface area contributed by atoms with Crippen molar-refractivity contribution in [2.45, 2.75) is 44.9 Å². The van der Waals surface area contributed by atoms with Crippen molar-refractivity contribution >= 4 is 17.7 Å². The molecule has 0 N–H and O–H groups in total. The van der Waals surface area contributed by atoms with E-state index >= 15 is 0 Å². The summed E-state index contributed by atoms with van der Waals surface area (Å²) in [4.78, 5) is 15.1. The van der Waals surface area contributed by atoms with Crippen molar-refractivity contribution in [1.82, 2.24) is 4.90 Å². The summed E-state index contributed by atoms with van der Waals surface area (Å²) in [6, 6.07) is 5.81. The Morgan fingerprint density at radius 2 is 2.12 bits per heavy atom. The summed E-state index contributed by atoms with van der Waals surface area (Å²) in [5.41, 5.74) is 1.03. The second-order valence-corrected chi connectivity index (χ2v) is 7.30. The van der Waals surface area contributed by atoms with E-state index < -0.39 is 0 Å². The highest BCUT2D eigenvalue weighted by Gasteiger charge is 2.35. The summed E-state index contributed by atoms with van der Waals surface area (Å²) in [7, 11) is 3.33. The second kappa shape index (κ2) is 9.21. The predicted molar refractivity (Wildman–Crippen MR) is 99.8 cm³/mol. The molecule has 0 aromatic heterocycles. The maximum absolute atomic E-state index is 13.1. The Labute approximate surface area is 149 Å². The Morgan fingerprint density at radius 3 is 2.75 bits per heavy atom. The van der Waals surface area contributed by atoms with Crippen molar-refractivity contribution in [1.29, 1.82) is 0 Å². The van der Waals surface area contributed by atoms with E-state index in [1.807, 2.05) is 23.1 Å². The number of benzene rings is 1. The van der Waals surface area contributed by atoms with E-state index in [0.29, 0.717) is 0 Å². The summed E-state index contributed by atoms with van der Waals surface area (Å²) in [5.74, 6) is 2.98. The van der Waals surface area contributed by atoms with Crippen molar-refractivity contribution in [2.75, 3.05) is 26.5 Å². The molecule has 0 bridgehead atoms. The van der Waals surface area contributed by atoms with E-state index in [-0.39, 0.29) is 17.2 Å². The normalized spacial score (nSPS) is 18.5. The highest BCUT2D eigenvalue weighted by molar-refractivity contribution is 7.99. The van der Waals surface area contributed by atoms with Gasteiger partial charge in [-0.1, -0.05) is 26.7 Å². The third kappa shape index (κ3) is 4.18. The van der Waals surface area contributed by atoms with E-state index in [1.165, 1.54) is 0 Å². The van der Waals surface area contributed by atoms with Gasteiger partial charge in [-0.2, -0.15) is 0 Å². The van der Waals surface area contributed by atoms with Gasteiger partial charge in [-0.05, 0) is 31.0 Å². The van der Waals surface area contributed by atoms with Gasteiger partial charge in [-0.25, -0.2) is 0 Å². The number of unbranched alkanes of at least 4 members (excludes halogenated alkanes) is 1. The number of methoxy groups -OCH3 is 2. The van der Waals surface area contributed by atoms with Crippen LogP contribution in [-0.4, -0.2) is 37.3 Å². The smallest absolute Gasteiger partial charge is 0.226 e. The molecule has 1 amide bonds. The maximum Gasteiger partial charge on any atom is 0.226 e. The van der Waals surface area contributed by atoms with E-state index in [9.17, 15) is 4.79 Å². The summed E-state index contributed by atoms with van der Waals surface area (Å²) in [6.45, 7) is 5.09. The lowest BCUT2D eigenvalue weighted by Crippen LogP contribution is -2.35. The molecule has 1 heterocycles. The Kier molecular flexibility index (Phi) is 7.28. The van der Waals surface area contributed by atoms with E-state index in [0.717, 1.165) is 55.0 Å². The summed E-state index contributed by atoms with van der Waals surface area (Å²) >= 11 is 1.80. The number of nitrogens with zero attached hydrogens (tertiary/aromatic N) is 1. The van der Waals surface area contributed by atoms with Gasteiger partial charge in [0.15, 0.2) is 0 Å². The van der Waals surface area contributed by atoms with Gasteiger partial charge < -0.3 is 14.4 Å². The zero-order chi connectivity index (χ0) is 17.5. The fourth-order valence-electron chi connectivity index (χ4n) is 3.17. The molecule has 2 unspecified atom stereocenters. The van der Waals surface area contributed by atoms with E-state index in [2.05, 4.69) is 13.8 Å². The number of hydrogen-bond acceptors (Lipinski definition) is 4. The molecule has 2 atom stereocenters. The van der Waals surface area contributed by atoms with E-state index in [1.54, 1.807) is 26.0 Å². The fourth-order valence-corrected chi connectivity index (χ4v) is 4.45. The average Bonchev–Trinajstić information content (AvgIpc) is 3.11. The first-order valence-electron chi connectivity index (χ1n) is 8.80. The molecule has 0 radical (unpaired) electrons. The van der Waals surface area contributed by atoms with Gasteiger partial charge in [0.05, 0.1) is 14.2 Å². The molecule has 1 saturated heterocycles. The SMILES string of the molecule is CCCCC(CC)C(=O)N1CCSC1c1cc(OC)ccc1OC. The van der Waals surface area contributed by atoms with Crippen LogP contribution in [0.1, 0.15) is 50.5 Å². The molecule has 0 aliphatic carbocycles. The Bertz CT molecular complexity index is 549. The highest BCUT2D eigenvalue weighted by Crippen LogP contribution is 2.44. The highest BCUT2D eigenvalue weighted by atomic mass is 32.2. The minimum Gasteiger partial charge on any atom is -0.497 e. The van der Waals surface area contributed by atoms with Crippen molar-refractivity contribution in [3.05, 3.63) is 23.8 Å². The molecule has 5 heteroatoms. The zero-order valence-corrected chi connectivity index (χ0v) is 16.0. The molecule has 0 spiro atoms. The summed E-state index contributed by atoms with van der Waals surface area (Å²) < 4.78 is 10.9. The van der Waals surface area contributed by atoms with Crippen LogP contribution in [0.25, 0.3) is 0 Å². The number of carbonyl (C=O) groups excluding carboxylic acids is 1. The molecule has 1 aliphatic heterocycles. The second-order valence-electron chi connectivity index (χ2n) is 6.11. The van der Waals surface area contributed by atoms with Crippen LogP contribution in [0.15, 0.2) is 18.2 Å². The van der Waals surface area contributed by atoms with Gasteiger partial charge in [0.25, 0.3) is 0 Å². The van der Waals surface area contributed by atoms with Crippen LogP contribution >= 0.6 is 11.8 Å². The largest absolute Gasteiger partial charge is 0.497 e. The lowest BCUT2D eigenvalue weighted by molar-refractivity contribution is -0.136. The number of hydrogen-bond donors (Lipinski definition) is 0. The Hall–Kier alpha value is -1.36. The molecule has 134 valence electrons. The molecular formula is C19H29NO3S. The third-order valence-corrected chi connectivity index (χ3v) is 5.87. The molecule has 1 fully saturated rings. The van der Waals surface area contributed by atoms with Crippen LogP contribution in [-0.2, 0) is 4.79 Å². The standard InChI is InChI=1S/C19H29NO3S/c1-5-7-8-14(6-2)18(21)20-11-12-24-19(20)16-13-15(22-3)9-10-17(16)23-4/h9-10,13-14,19H,5-8,11-12H2,1-4H3. The first-order valence-corrected chi connectivity index (χ1v) is 9.85. The Morgan fingerprint density at radius 1 is 1.33 bits per heavy atom. The van der Waals surface area contributed by atoms with Crippen LogP contribution in [0.5, 0.6) is 11.5 Å².